The first-order chi connectivity index (χ1) is 14.2. The summed E-state index contributed by atoms with van der Waals surface area (Å²) in [5, 5.41) is 0. The molecule has 2 aromatic rings. The first kappa shape index (κ1) is 26.2. The van der Waals surface area contributed by atoms with Crippen molar-refractivity contribution in [3.05, 3.63) is 50.7 Å². The van der Waals surface area contributed by atoms with Crippen LogP contribution in [0.2, 0.25) is 0 Å². The monoisotopic (exact) mass is 482 g/mol. The number of thiol groups is 1. The molecule has 0 saturated heterocycles. The van der Waals surface area contributed by atoms with Crippen LogP contribution < -0.4 is 4.74 Å². The van der Waals surface area contributed by atoms with Crippen molar-refractivity contribution < 1.29 is 13.7 Å². The largest absolute Gasteiger partial charge is 0.486 e. The standard InChI is InChI=1S/C25H39O3PS2/c1-9-25(10-2,23-14-18(4)21(30-23)16-31(8,27)29)19-11-12-20(17(3)13-19)28-15-22(26)24(5,6)7/h11-14,31H,9-10,15-16,29H2,1-8H3. The van der Waals surface area contributed by atoms with Crippen molar-refractivity contribution in [2.45, 2.75) is 72.5 Å². The molecule has 0 N–H and O–H groups in total. The van der Waals surface area contributed by atoms with Crippen molar-refractivity contribution in [2.75, 3.05) is 12.9 Å². The van der Waals surface area contributed by atoms with E-state index in [1.165, 1.54) is 20.9 Å². The molecule has 0 radical (unpaired) electrons. The number of ether oxygens (including phenoxy) is 1. The molecule has 0 saturated carbocycles. The Balaban J connectivity index is 2.39. The lowest BCUT2D eigenvalue weighted by atomic mass is 9.74. The molecule has 174 valence electrons. The summed E-state index contributed by atoms with van der Waals surface area (Å²) < 4.78 is 18.3. The number of benzene rings is 1. The van der Waals surface area contributed by atoms with Gasteiger partial charge in [-0.1, -0.05) is 64.7 Å². The highest BCUT2D eigenvalue weighted by Crippen LogP contribution is 2.45. The first-order valence-electron chi connectivity index (χ1n) is 11.0. The highest BCUT2D eigenvalue weighted by molar-refractivity contribution is 8.44. The highest BCUT2D eigenvalue weighted by atomic mass is 32.8. The van der Waals surface area contributed by atoms with Crippen LogP contribution in [-0.2, 0) is 25.5 Å². The Hall–Kier alpha value is -1.03. The summed E-state index contributed by atoms with van der Waals surface area (Å²) >= 11 is 1.80. The minimum absolute atomic E-state index is 0.0865. The van der Waals surface area contributed by atoms with Gasteiger partial charge in [-0.15, -0.1) is 11.3 Å². The molecule has 31 heavy (non-hydrogen) atoms. The van der Waals surface area contributed by atoms with E-state index in [0.29, 0.717) is 5.75 Å². The zero-order valence-electron chi connectivity index (χ0n) is 20.3. The molecule has 1 aromatic carbocycles. The average Bonchev–Trinajstić information content (AvgIpc) is 3.00. The Morgan fingerprint density at radius 3 is 2.19 bits per heavy atom. The smallest absolute Gasteiger partial charge is 0.175 e. The number of carbonyl (C=O) groups is 1. The maximum atomic E-state index is 12.4. The normalized spacial score (nSPS) is 13.3. The van der Waals surface area contributed by atoms with Crippen LogP contribution in [0.1, 0.15) is 73.9 Å². The number of rotatable bonds is 9. The SMILES string of the molecule is CCC(CC)(c1ccc(OCC(=O)C(C)(C)C)c(C)c1)c1cc(C)c(C[SH](C)(=O)P)s1. The van der Waals surface area contributed by atoms with Gasteiger partial charge in [-0.2, -0.15) is 0 Å². The molecule has 0 spiro atoms. The quantitative estimate of drug-likeness (QED) is 0.332. The van der Waals surface area contributed by atoms with Gasteiger partial charge in [0.1, 0.15) is 12.4 Å². The number of thiophene rings is 1. The minimum atomic E-state index is -2.20. The van der Waals surface area contributed by atoms with Crippen molar-refractivity contribution >= 4 is 35.1 Å². The molecular formula is C25H39O3PS2. The van der Waals surface area contributed by atoms with Gasteiger partial charge < -0.3 is 4.74 Å². The van der Waals surface area contributed by atoms with Gasteiger partial charge >= 0.3 is 0 Å². The van der Waals surface area contributed by atoms with Gasteiger partial charge in [-0.05, 0) is 61.8 Å². The fourth-order valence-corrected chi connectivity index (χ4v) is 7.93. The van der Waals surface area contributed by atoms with E-state index in [1.807, 2.05) is 40.0 Å². The van der Waals surface area contributed by atoms with Crippen LogP contribution in [0, 0.1) is 19.3 Å². The summed E-state index contributed by atoms with van der Waals surface area (Å²) in [4.78, 5) is 14.8. The van der Waals surface area contributed by atoms with E-state index in [1.54, 1.807) is 11.3 Å². The lowest BCUT2D eigenvalue weighted by molar-refractivity contribution is -0.128. The van der Waals surface area contributed by atoms with Crippen LogP contribution in [0.4, 0.5) is 0 Å². The molecule has 0 aliphatic heterocycles. The summed E-state index contributed by atoms with van der Waals surface area (Å²) in [6, 6.07) is 8.64. The van der Waals surface area contributed by atoms with E-state index in [0.717, 1.165) is 24.2 Å². The molecule has 3 nitrogen and oxygen atoms in total. The minimum Gasteiger partial charge on any atom is -0.486 e. The van der Waals surface area contributed by atoms with Crippen LogP contribution in [0.15, 0.2) is 24.3 Å². The van der Waals surface area contributed by atoms with E-state index in [4.69, 9.17) is 4.74 Å². The molecule has 0 fully saturated rings. The molecule has 0 aliphatic carbocycles. The Bertz CT molecular complexity index is 975. The molecular weight excluding hydrogens is 443 g/mol. The van der Waals surface area contributed by atoms with E-state index in [-0.39, 0.29) is 17.8 Å². The average molecular weight is 483 g/mol. The number of ketones is 1. The van der Waals surface area contributed by atoms with Crippen molar-refractivity contribution in [2.24, 2.45) is 5.41 Å². The zero-order valence-corrected chi connectivity index (χ0v) is 23.2. The van der Waals surface area contributed by atoms with Crippen LogP contribution in [0.25, 0.3) is 0 Å². The number of Topliss-reactive ketones (excluding diaryl/α,β-unsaturated/α-hetero) is 1. The highest BCUT2D eigenvalue weighted by Gasteiger charge is 2.33. The Morgan fingerprint density at radius 1 is 1.10 bits per heavy atom. The molecule has 1 unspecified atom stereocenters. The predicted octanol–water partition coefficient (Wildman–Crippen LogP) is 6.40. The van der Waals surface area contributed by atoms with E-state index in [9.17, 15) is 9.00 Å². The molecule has 1 heterocycles. The first-order valence-corrected chi connectivity index (χ1v) is 15.7. The summed E-state index contributed by atoms with van der Waals surface area (Å²) in [5.41, 5.74) is 3.05. The summed E-state index contributed by atoms with van der Waals surface area (Å²) in [6.07, 6.45) is 3.79. The number of hydrogen-bond donors (Lipinski definition) is 1. The van der Waals surface area contributed by atoms with Crippen LogP contribution in [-0.4, -0.2) is 22.9 Å². The maximum Gasteiger partial charge on any atom is 0.175 e. The lowest BCUT2D eigenvalue weighted by Crippen LogP contribution is -2.27. The molecule has 2 rings (SSSR count). The van der Waals surface area contributed by atoms with Crippen molar-refractivity contribution in [3.8, 4) is 5.75 Å². The second kappa shape index (κ2) is 9.85. The van der Waals surface area contributed by atoms with E-state index < -0.39 is 15.0 Å². The number of aryl methyl sites for hydroxylation is 2. The van der Waals surface area contributed by atoms with Crippen molar-refractivity contribution in [1.82, 2.24) is 0 Å². The fraction of sp³-hybridized carbons (Fsp3) is 0.560. The molecule has 0 bridgehead atoms. The lowest BCUT2D eigenvalue weighted by Gasteiger charge is -2.32. The third-order valence-corrected chi connectivity index (χ3v) is 9.23. The van der Waals surface area contributed by atoms with Gasteiger partial charge in [0.15, 0.2) is 5.78 Å². The van der Waals surface area contributed by atoms with Gasteiger partial charge in [-0.3, -0.25) is 9.00 Å². The Labute approximate surface area is 195 Å². The van der Waals surface area contributed by atoms with Gasteiger partial charge in [0.05, 0.1) is 0 Å². The second-order valence-corrected chi connectivity index (χ2v) is 16.9. The topological polar surface area (TPSA) is 43.4 Å². The third kappa shape index (κ3) is 6.27. The van der Waals surface area contributed by atoms with Gasteiger partial charge in [0.2, 0.25) is 0 Å². The summed E-state index contributed by atoms with van der Waals surface area (Å²) in [7, 11) is 0.331. The second-order valence-electron chi connectivity index (χ2n) is 9.78. The van der Waals surface area contributed by atoms with Crippen molar-refractivity contribution in [1.29, 1.82) is 0 Å². The van der Waals surface area contributed by atoms with Crippen LogP contribution in [0.3, 0.4) is 0 Å². The van der Waals surface area contributed by atoms with Crippen molar-refractivity contribution in [3.63, 3.8) is 0 Å². The fourth-order valence-electron chi connectivity index (χ4n) is 3.82. The van der Waals surface area contributed by atoms with Gasteiger partial charge in [0, 0.05) is 26.3 Å². The van der Waals surface area contributed by atoms with Crippen LogP contribution in [0.5, 0.6) is 5.75 Å². The van der Waals surface area contributed by atoms with E-state index in [2.05, 4.69) is 47.4 Å². The third-order valence-electron chi connectivity index (χ3n) is 6.08. The van der Waals surface area contributed by atoms with Gasteiger partial charge in [-0.25, -0.2) is 0 Å². The zero-order chi connectivity index (χ0) is 23.6. The van der Waals surface area contributed by atoms with E-state index >= 15 is 0 Å². The number of carbonyl (C=O) groups excluding carboxylic acids is 1. The summed E-state index contributed by atoms with van der Waals surface area (Å²) in [6.45, 7) is 14.5. The van der Waals surface area contributed by atoms with Crippen LogP contribution >= 0.6 is 19.8 Å². The molecule has 1 aromatic heterocycles. The van der Waals surface area contributed by atoms with Gasteiger partial charge in [0.25, 0.3) is 0 Å². The predicted molar refractivity (Wildman–Crippen MR) is 140 cm³/mol. The Morgan fingerprint density at radius 2 is 1.71 bits per heavy atom. The molecule has 0 aliphatic rings. The maximum absolute atomic E-state index is 12.4. The molecule has 0 amide bonds. The Kier molecular flexibility index (Phi) is 8.33. The molecule has 6 heteroatoms. The number of hydrogen-bond acceptors (Lipinski definition) is 4. The molecule has 1 atom stereocenters. The summed E-state index contributed by atoms with van der Waals surface area (Å²) in [5.74, 6) is 1.49.